The van der Waals surface area contributed by atoms with Crippen LogP contribution in [0.25, 0.3) is 0 Å². The molecule has 3 nitrogen and oxygen atoms in total. The van der Waals surface area contributed by atoms with Gasteiger partial charge in [-0.1, -0.05) is 11.3 Å². The van der Waals surface area contributed by atoms with Gasteiger partial charge in [0.05, 0.1) is 5.69 Å². The fraction of sp³-hybridized carbons (Fsp3) is 0.733. The van der Waals surface area contributed by atoms with Crippen molar-refractivity contribution in [2.75, 3.05) is 12.4 Å². The second kappa shape index (κ2) is 4.21. The van der Waals surface area contributed by atoms with Crippen molar-refractivity contribution in [3.63, 3.8) is 0 Å². The van der Waals surface area contributed by atoms with Crippen molar-refractivity contribution in [2.24, 2.45) is 23.7 Å². The minimum absolute atomic E-state index is 0.570. The van der Waals surface area contributed by atoms with Crippen LogP contribution in [0.15, 0.2) is 0 Å². The van der Waals surface area contributed by atoms with Crippen molar-refractivity contribution in [3.8, 4) is 6.07 Å². The van der Waals surface area contributed by atoms with Gasteiger partial charge in [0.25, 0.3) is 0 Å². The molecule has 0 amide bonds. The molecule has 0 aliphatic heterocycles. The molecule has 1 heterocycles. The number of aromatic nitrogens is 1. The standard InChI is InChI=1S/C15H19N3S/c1-17-15-18-14(12(7-16)19-15)13-10-3-8-2-9(5-10)6-11(13)4-8/h8-11,13H,2-6H2,1H3,(H,17,18). The highest BCUT2D eigenvalue weighted by atomic mass is 32.1. The minimum atomic E-state index is 0.570. The largest absolute Gasteiger partial charge is 0.365 e. The normalized spacial score (nSPS) is 39.3. The second-order valence-corrected chi connectivity index (χ2v) is 7.55. The van der Waals surface area contributed by atoms with Crippen molar-refractivity contribution < 1.29 is 0 Å². The fourth-order valence-electron chi connectivity index (χ4n) is 5.12. The summed E-state index contributed by atoms with van der Waals surface area (Å²) >= 11 is 1.52. The average Bonchev–Trinajstić information content (AvgIpc) is 2.81. The molecule has 4 aliphatic carbocycles. The summed E-state index contributed by atoms with van der Waals surface area (Å²) in [5.74, 6) is 4.13. The van der Waals surface area contributed by atoms with Crippen LogP contribution in [0, 0.1) is 35.0 Å². The van der Waals surface area contributed by atoms with E-state index in [1.807, 2.05) is 7.05 Å². The Morgan fingerprint density at radius 3 is 2.32 bits per heavy atom. The van der Waals surface area contributed by atoms with E-state index in [4.69, 9.17) is 4.98 Å². The van der Waals surface area contributed by atoms with Crippen molar-refractivity contribution in [1.82, 2.24) is 4.98 Å². The van der Waals surface area contributed by atoms with Gasteiger partial charge in [-0.25, -0.2) is 4.98 Å². The highest BCUT2D eigenvalue weighted by Gasteiger charge is 2.50. The maximum absolute atomic E-state index is 9.37. The van der Waals surface area contributed by atoms with Gasteiger partial charge in [-0.15, -0.1) is 0 Å². The van der Waals surface area contributed by atoms with Gasteiger partial charge in [0.1, 0.15) is 10.9 Å². The molecule has 4 bridgehead atoms. The van der Waals surface area contributed by atoms with Gasteiger partial charge in [0.2, 0.25) is 0 Å². The molecular weight excluding hydrogens is 254 g/mol. The Balaban J connectivity index is 1.73. The lowest BCUT2D eigenvalue weighted by atomic mass is 9.51. The van der Waals surface area contributed by atoms with E-state index in [-0.39, 0.29) is 0 Å². The Labute approximate surface area is 118 Å². The smallest absolute Gasteiger partial charge is 0.183 e. The Morgan fingerprint density at radius 2 is 1.79 bits per heavy atom. The van der Waals surface area contributed by atoms with E-state index in [0.717, 1.165) is 39.4 Å². The molecule has 4 saturated carbocycles. The van der Waals surface area contributed by atoms with Crippen LogP contribution in [0.5, 0.6) is 0 Å². The Morgan fingerprint density at radius 1 is 1.16 bits per heavy atom. The number of nitriles is 1. The lowest BCUT2D eigenvalue weighted by molar-refractivity contribution is -0.00401. The number of nitrogens with zero attached hydrogens (tertiary/aromatic N) is 2. The summed E-state index contributed by atoms with van der Waals surface area (Å²) < 4.78 is 0. The topological polar surface area (TPSA) is 48.7 Å². The maximum atomic E-state index is 9.37. The lowest BCUT2D eigenvalue weighted by Gasteiger charge is -2.54. The van der Waals surface area contributed by atoms with Gasteiger partial charge in [0.15, 0.2) is 5.13 Å². The third-order valence-electron chi connectivity index (χ3n) is 5.51. The molecule has 0 saturated heterocycles. The van der Waals surface area contributed by atoms with Crippen molar-refractivity contribution in [3.05, 3.63) is 10.6 Å². The number of nitrogens with one attached hydrogen (secondary N) is 1. The highest BCUT2D eigenvalue weighted by Crippen LogP contribution is 2.60. The summed E-state index contributed by atoms with van der Waals surface area (Å²) in [4.78, 5) is 5.58. The van der Waals surface area contributed by atoms with E-state index >= 15 is 0 Å². The van der Waals surface area contributed by atoms with Crippen LogP contribution in [-0.4, -0.2) is 12.0 Å². The van der Waals surface area contributed by atoms with Crippen LogP contribution < -0.4 is 5.32 Å². The Bertz CT molecular complexity index is 514. The van der Waals surface area contributed by atoms with E-state index in [0.29, 0.717) is 5.92 Å². The second-order valence-electron chi connectivity index (χ2n) is 6.55. The van der Waals surface area contributed by atoms with Crippen LogP contribution in [0.4, 0.5) is 5.13 Å². The lowest BCUT2D eigenvalue weighted by Crippen LogP contribution is -2.44. The first-order valence-corrected chi connectivity index (χ1v) is 8.18. The molecule has 0 radical (unpaired) electrons. The first-order valence-electron chi connectivity index (χ1n) is 7.37. The molecule has 0 atom stereocenters. The van der Waals surface area contributed by atoms with Crippen molar-refractivity contribution >= 4 is 16.5 Å². The van der Waals surface area contributed by atoms with Crippen LogP contribution in [0.3, 0.4) is 0 Å². The van der Waals surface area contributed by atoms with Gasteiger partial charge in [-0.3, -0.25) is 0 Å². The zero-order valence-corrected chi connectivity index (χ0v) is 12.0. The summed E-state index contributed by atoms with van der Waals surface area (Å²) in [6, 6.07) is 2.38. The Kier molecular flexibility index (Phi) is 2.60. The average molecular weight is 273 g/mol. The molecule has 1 aromatic rings. The van der Waals surface area contributed by atoms with Crippen LogP contribution >= 0.6 is 11.3 Å². The third kappa shape index (κ3) is 1.71. The Hall–Kier alpha value is -1.08. The molecular formula is C15H19N3S. The zero-order valence-electron chi connectivity index (χ0n) is 11.2. The number of anilines is 1. The molecule has 5 rings (SSSR count). The molecule has 4 aliphatic rings. The molecule has 1 N–H and O–H groups in total. The van der Waals surface area contributed by atoms with E-state index < -0.39 is 0 Å². The van der Waals surface area contributed by atoms with E-state index in [1.165, 1.54) is 43.4 Å². The number of hydrogen-bond acceptors (Lipinski definition) is 4. The molecule has 100 valence electrons. The summed E-state index contributed by atoms with van der Waals surface area (Å²) in [6.07, 6.45) is 7.01. The van der Waals surface area contributed by atoms with Gasteiger partial charge in [-0.2, -0.15) is 5.26 Å². The van der Waals surface area contributed by atoms with Gasteiger partial charge < -0.3 is 5.32 Å². The molecule has 0 unspecified atom stereocenters. The first kappa shape index (κ1) is 11.7. The van der Waals surface area contributed by atoms with Gasteiger partial charge >= 0.3 is 0 Å². The van der Waals surface area contributed by atoms with Crippen molar-refractivity contribution in [2.45, 2.75) is 38.0 Å². The molecule has 19 heavy (non-hydrogen) atoms. The molecule has 4 heteroatoms. The quantitative estimate of drug-likeness (QED) is 0.895. The summed E-state index contributed by atoms with van der Waals surface area (Å²) in [7, 11) is 1.89. The monoisotopic (exact) mass is 273 g/mol. The predicted molar refractivity (Wildman–Crippen MR) is 76.2 cm³/mol. The number of rotatable bonds is 2. The summed E-state index contributed by atoms with van der Waals surface area (Å²) in [5.41, 5.74) is 1.12. The minimum Gasteiger partial charge on any atom is -0.365 e. The SMILES string of the molecule is CNc1nc(C2C3CC4CC(C3)CC2C4)c(C#N)s1. The van der Waals surface area contributed by atoms with Crippen LogP contribution in [-0.2, 0) is 0 Å². The van der Waals surface area contributed by atoms with E-state index in [9.17, 15) is 5.26 Å². The first-order chi connectivity index (χ1) is 9.28. The van der Waals surface area contributed by atoms with E-state index in [1.54, 1.807) is 0 Å². The molecule has 1 aromatic heterocycles. The van der Waals surface area contributed by atoms with Gasteiger partial charge in [-0.05, 0) is 55.8 Å². The summed E-state index contributed by atoms with van der Waals surface area (Å²) in [5, 5.41) is 13.4. The summed E-state index contributed by atoms with van der Waals surface area (Å²) in [6.45, 7) is 0. The molecule has 0 spiro atoms. The maximum Gasteiger partial charge on any atom is 0.183 e. The zero-order chi connectivity index (χ0) is 13.0. The number of hydrogen-bond donors (Lipinski definition) is 1. The molecule has 0 aromatic carbocycles. The van der Waals surface area contributed by atoms with Crippen LogP contribution in [0.2, 0.25) is 0 Å². The van der Waals surface area contributed by atoms with E-state index in [2.05, 4.69) is 11.4 Å². The predicted octanol–water partition coefficient (Wildman–Crippen LogP) is 3.60. The van der Waals surface area contributed by atoms with Gasteiger partial charge in [0, 0.05) is 13.0 Å². The fourth-order valence-corrected chi connectivity index (χ4v) is 5.89. The molecule has 4 fully saturated rings. The third-order valence-corrected chi connectivity index (χ3v) is 6.50. The van der Waals surface area contributed by atoms with Crippen molar-refractivity contribution in [1.29, 1.82) is 5.26 Å². The van der Waals surface area contributed by atoms with Crippen LogP contribution in [0.1, 0.15) is 48.6 Å². The highest BCUT2D eigenvalue weighted by molar-refractivity contribution is 7.16. The number of thiazole rings is 1.